The van der Waals surface area contributed by atoms with Crippen LogP contribution in [-0.4, -0.2) is 29.5 Å². The van der Waals surface area contributed by atoms with Gasteiger partial charge in [-0.25, -0.2) is 4.39 Å². The van der Waals surface area contributed by atoms with Gasteiger partial charge in [0.1, 0.15) is 5.82 Å². The lowest BCUT2D eigenvalue weighted by molar-refractivity contribution is 0.105. The van der Waals surface area contributed by atoms with Crippen molar-refractivity contribution < 1.29 is 14.6 Å². The SMILES string of the molecule is OCC(O)CNc1ccc(F)c(I)c1. The fourth-order valence-corrected chi connectivity index (χ4v) is 1.42. The molecule has 0 radical (unpaired) electrons. The zero-order chi connectivity index (χ0) is 10.6. The minimum absolute atomic E-state index is 0.248. The van der Waals surface area contributed by atoms with Crippen LogP contribution in [0.2, 0.25) is 0 Å². The predicted molar refractivity (Wildman–Crippen MR) is 60.7 cm³/mol. The zero-order valence-corrected chi connectivity index (χ0v) is 9.53. The van der Waals surface area contributed by atoms with Crippen molar-refractivity contribution in [3.05, 3.63) is 27.6 Å². The van der Waals surface area contributed by atoms with Crippen LogP contribution < -0.4 is 5.32 Å². The van der Waals surface area contributed by atoms with E-state index in [2.05, 4.69) is 5.32 Å². The molecule has 0 saturated carbocycles. The molecule has 0 aromatic heterocycles. The molecule has 0 aliphatic rings. The van der Waals surface area contributed by atoms with Gasteiger partial charge in [-0.3, -0.25) is 0 Å². The molecular weight excluding hydrogens is 300 g/mol. The van der Waals surface area contributed by atoms with Crippen molar-refractivity contribution in [3.8, 4) is 0 Å². The Labute approximate surface area is 95.1 Å². The summed E-state index contributed by atoms with van der Waals surface area (Å²) in [6.45, 7) is -0.0382. The van der Waals surface area contributed by atoms with Crippen LogP contribution in [0.5, 0.6) is 0 Å². The van der Waals surface area contributed by atoms with Gasteiger partial charge < -0.3 is 15.5 Å². The summed E-state index contributed by atoms with van der Waals surface area (Å²) in [7, 11) is 0. The first-order chi connectivity index (χ1) is 6.63. The van der Waals surface area contributed by atoms with E-state index >= 15 is 0 Å². The monoisotopic (exact) mass is 311 g/mol. The van der Waals surface area contributed by atoms with E-state index in [0.29, 0.717) is 3.57 Å². The van der Waals surface area contributed by atoms with Crippen LogP contribution in [0, 0.1) is 9.39 Å². The second kappa shape index (κ2) is 5.47. The van der Waals surface area contributed by atoms with E-state index in [1.165, 1.54) is 6.07 Å². The van der Waals surface area contributed by atoms with Crippen molar-refractivity contribution >= 4 is 28.3 Å². The fraction of sp³-hybridized carbons (Fsp3) is 0.333. The van der Waals surface area contributed by atoms with E-state index < -0.39 is 6.10 Å². The minimum Gasteiger partial charge on any atom is -0.394 e. The van der Waals surface area contributed by atoms with E-state index in [1.54, 1.807) is 12.1 Å². The van der Waals surface area contributed by atoms with E-state index in [9.17, 15) is 4.39 Å². The molecule has 0 aliphatic carbocycles. The first-order valence-electron chi connectivity index (χ1n) is 4.11. The lowest BCUT2D eigenvalue weighted by Crippen LogP contribution is -2.22. The van der Waals surface area contributed by atoms with Gasteiger partial charge in [0.05, 0.1) is 16.3 Å². The molecule has 3 N–H and O–H groups in total. The van der Waals surface area contributed by atoms with Crippen molar-refractivity contribution in [1.82, 2.24) is 0 Å². The van der Waals surface area contributed by atoms with Gasteiger partial charge in [0, 0.05) is 12.2 Å². The van der Waals surface area contributed by atoms with Crippen molar-refractivity contribution in [1.29, 1.82) is 0 Å². The molecule has 14 heavy (non-hydrogen) atoms. The number of halogens is 2. The van der Waals surface area contributed by atoms with Gasteiger partial charge in [0.15, 0.2) is 0 Å². The highest BCUT2D eigenvalue weighted by Gasteiger charge is 2.03. The number of hydrogen-bond acceptors (Lipinski definition) is 3. The third-order valence-corrected chi connectivity index (χ3v) is 2.50. The number of anilines is 1. The molecule has 5 heteroatoms. The molecule has 1 aromatic rings. The Balaban J connectivity index is 2.55. The molecule has 0 amide bonds. The van der Waals surface area contributed by atoms with Crippen molar-refractivity contribution in [2.45, 2.75) is 6.10 Å². The Kier molecular flexibility index (Phi) is 4.56. The number of aliphatic hydroxyl groups excluding tert-OH is 2. The molecule has 78 valence electrons. The lowest BCUT2D eigenvalue weighted by Gasteiger charge is -2.10. The molecule has 1 atom stereocenters. The summed E-state index contributed by atoms with van der Waals surface area (Å²) in [5.74, 6) is -0.265. The summed E-state index contributed by atoms with van der Waals surface area (Å²) in [5, 5.41) is 20.5. The zero-order valence-electron chi connectivity index (χ0n) is 7.37. The smallest absolute Gasteiger partial charge is 0.136 e. The highest BCUT2D eigenvalue weighted by molar-refractivity contribution is 14.1. The molecular formula is C9H11FINO2. The average Bonchev–Trinajstić information content (AvgIpc) is 2.19. The van der Waals surface area contributed by atoms with E-state index in [0.717, 1.165) is 5.69 Å². The van der Waals surface area contributed by atoms with Crippen LogP contribution in [0.4, 0.5) is 10.1 Å². The van der Waals surface area contributed by atoms with Crippen LogP contribution >= 0.6 is 22.6 Å². The molecule has 0 fully saturated rings. The quantitative estimate of drug-likeness (QED) is 0.732. The Hall–Kier alpha value is -0.400. The molecule has 1 aromatic carbocycles. The summed E-state index contributed by atoms with van der Waals surface area (Å²) in [4.78, 5) is 0. The molecule has 3 nitrogen and oxygen atoms in total. The van der Waals surface area contributed by atoms with Gasteiger partial charge >= 0.3 is 0 Å². The number of aliphatic hydroxyl groups is 2. The normalized spacial score (nSPS) is 12.6. The summed E-state index contributed by atoms with van der Waals surface area (Å²) < 4.78 is 13.4. The van der Waals surface area contributed by atoms with Crippen LogP contribution in [0.3, 0.4) is 0 Å². The molecule has 0 aliphatic heterocycles. The van der Waals surface area contributed by atoms with Gasteiger partial charge in [-0.05, 0) is 40.8 Å². The van der Waals surface area contributed by atoms with Crippen molar-refractivity contribution in [2.24, 2.45) is 0 Å². The summed E-state index contributed by atoms with van der Waals surface area (Å²) in [6.07, 6.45) is -0.794. The van der Waals surface area contributed by atoms with Gasteiger partial charge in [-0.1, -0.05) is 0 Å². The number of nitrogens with one attached hydrogen (secondary N) is 1. The Morgan fingerprint density at radius 1 is 1.50 bits per heavy atom. The second-order valence-corrected chi connectivity index (χ2v) is 4.01. The Morgan fingerprint density at radius 3 is 2.79 bits per heavy atom. The van der Waals surface area contributed by atoms with E-state index in [4.69, 9.17) is 10.2 Å². The maximum Gasteiger partial charge on any atom is 0.136 e. The molecule has 1 rings (SSSR count). The number of hydrogen-bond donors (Lipinski definition) is 3. The van der Waals surface area contributed by atoms with Gasteiger partial charge in [0.25, 0.3) is 0 Å². The summed E-state index contributed by atoms with van der Waals surface area (Å²) in [6, 6.07) is 4.58. The van der Waals surface area contributed by atoms with Gasteiger partial charge in [0.2, 0.25) is 0 Å². The fourth-order valence-electron chi connectivity index (χ4n) is 0.906. The standard InChI is InChI=1S/C9H11FINO2/c10-8-2-1-6(3-9(8)11)12-4-7(14)5-13/h1-3,7,12-14H,4-5H2. The van der Waals surface area contributed by atoms with Crippen LogP contribution in [0.1, 0.15) is 0 Å². The topological polar surface area (TPSA) is 52.5 Å². The van der Waals surface area contributed by atoms with Crippen LogP contribution in [-0.2, 0) is 0 Å². The summed E-state index contributed by atoms with van der Waals surface area (Å²) in [5.41, 5.74) is 0.725. The van der Waals surface area contributed by atoms with E-state index in [-0.39, 0.29) is 19.0 Å². The van der Waals surface area contributed by atoms with Gasteiger partial charge in [-0.15, -0.1) is 0 Å². The number of rotatable bonds is 4. The largest absolute Gasteiger partial charge is 0.394 e. The third kappa shape index (κ3) is 3.39. The number of benzene rings is 1. The van der Waals surface area contributed by atoms with Crippen molar-refractivity contribution in [2.75, 3.05) is 18.5 Å². The summed E-state index contributed by atoms with van der Waals surface area (Å²) >= 11 is 1.89. The third-order valence-electron chi connectivity index (χ3n) is 1.67. The molecule has 0 heterocycles. The van der Waals surface area contributed by atoms with Crippen LogP contribution in [0.15, 0.2) is 18.2 Å². The highest BCUT2D eigenvalue weighted by atomic mass is 127. The molecule has 0 saturated heterocycles. The minimum atomic E-state index is -0.794. The lowest BCUT2D eigenvalue weighted by atomic mass is 10.3. The predicted octanol–water partition coefficient (Wildman–Crippen LogP) is 1.20. The molecule has 0 spiro atoms. The average molecular weight is 311 g/mol. The highest BCUT2D eigenvalue weighted by Crippen LogP contribution is 2.16. The molecule has 1 unspecified atom stereocenters. The Morgan fingerprint density at radius 2 is 2.21 bits per heavy atom. The van der Waals surface area contributed by atoms with Crippen LogP contribution in [0.25, 0.3) is 0 Å². The molecule has 0 bridgehead atoms. The Bertz CT molecular complexity index is 309. The maximum atomic E-state index is 12.8. The van der Waals surface area contributed by atoms with Gasteiger partial charge in [-0.2, -0.15) is 0 Å². The van der Waals surface area contributed by atoms with Crippen molar-refractivity contribution in [3.63, 3.8) is 0 Å². The second-order valence-electron chi connectivity index (χ2n) is 2.85. The first-order valence-corrected chi connectivity index (χ1v) is 5.19. The van der Waals surface area contributed by atoms with E-state index in [1.807, 2.05) is 22.6 Å². The maximum absolute atomic E-state index is 12.8. The first kappa shape index (κ1) is 11.7.